The van der Waals surface area contributed by atoms with Gasteiger partial charge in [0.15, 0.2) is 0 Å². The van der Waals surface area contributed by atoms with Gasteiger partial charge in [0.2, 0.25) is 5.91 Å². The van der Waals surface area contributed by atoms with Crippen molar-refractivity contribution in [2.24, 2.45) is 5.92 Å². The van der Waals surface area contributed by atoms with Crippen LogP contribution in [0.1, 0.15) is 28.8 Å². The molecule has 3 rings (SSSR count). The summed E-state index contributed by atoms with van der Waals surface area (Å²) in [7, 11) is 1.72. The molecule has 0 aromatic heterocycles. The fraction of sp³-hybridized carbons (Fsp3) is 0.263. The second kappa shape index (κ2) is 7.46. The third-order valence-electron chi connectivity index (χ3n) is 4.08. The number of hydrogen-bond donors (Lipinski definition) is 1. The highest BCUT2D eigenvalue weighted by Crippen LogP contribution is 2.30. The Bertz CT molecular complexity index is 819. The van der Waals surface area contributed by atoms with Crippen LogP contribution in [0.5, 0.6) is 0 Å². The molecule has 0 saturated heterocycles. The summed E-state index contributed by atoms with van der Waals surface area (Å²) in [6, 6.07) is 12.3. The van der Waals surface area contributed by atoms with E-state index in [1.54, 1.807) is 48.3 Å². The zero-order valence-electron chi connectivity index (χ0n) is 13.8. The van der Waals surface area contributed by atoms with Gasteiger partial charge in [-0.15, -0.1) is 0 Å². The number of halogens is 2. The maximum Gasteiger partial charge on any atom is 0.253 e. The molecule has 6 heteroatoms. The summed E-state index contributed by atoms with van der Waals surface area (Å²) in [5.41, 5.74) is 2.06. The molecule has 0 heterocycles. The number of carbonyl (C=O) groups excluding carboxylic acids is 2. The number of anilines is 1. The van der Waals surface area contributed by atoms with Gasteiger partial charge in [0.1, 0.15) is 0 Å². The molecule has 130 valence electrons. The van der Waals surface area contributed by atoms with Crippen molar-refractivity contribution in [2.75, 3.05) is 12.4 Å². The van der Waals surface area contributed by atoms with Gasteiger partial charge in [-0.25, -0.2) is 0 Å². The van der Waals surface area contributed by atoms with Gasteiger partial charge in [-0.1, -0.05) is 35.3 Å². The number of hydrogen-bond acceptors (Lipinski definition) is 2. The van der Waals surface area contributed by atoms with Crippen molar-refractivity contribution in [3.63, 3.8) is 0 Å². The average molecular weight is 377 g/mol. The van der Waals surface area contributed by atoms with E-state index in [2.05, 4.69) is 5.32 Å². The van der Waals surface area contributed by atoms with Gasteiger partial charge in [0.25, 0.3) is 5.91 Å². The van der Waals surface area contributed by atoms with E-state index in [9.17, 15) is 9.59 Å². The summed E-state index contributed by atoms with van der Waals surface area (Å²) in [6.45, 7) is 0.411. The first-order valence-electron chi connectivity index (χ1n) is 8.04. The van der Waals surface area contributed by atoms with E-state index in [0.717, 1.165) is 18.4 Å². The lowest BCUT2D eigenvalue weighted by atomic mass is 10.1. The van der Waals surface area contributed by atoms with E-state index >= 15 is 0 Å². The summed E-state index contributed by atoms with van der Waals surface area (Å²) in [5.74, 6) is 0.0130. The highest BCUT2D eigenvalue weighted by molar-refractivity contribution is 6.42. The van der Waals surface area contributed by atoms with Gasteiger partial charge < -0.3 is 10.2 Å². The second-order valence-corrected chi connectivity index (χ2v) is 7.07. The first-order chi connectivity index (χ1) is 11.9. The second-order valence-electron chi connectivity index (χ2n) is 6.25. The first kappa shape index (κ1) is 17.8. The Balaban J connectivity index is 1.68. The monoisotopic (exact) mass is 376 g/mol. The number of carbonyl (C=O) groups is 2. The number of nitrogens with zero attached hydrogens (tertiary/aromatic N) is 1. The van der Waals surface area contributed by atoms with Crippen molar-refractivity contribution in [3.05, 3.63) is 63.6 Å². The summed E-state index contributed by atoms with van der Waals surface area (Å²) < 4.78 is 0. The predicted octanol–water partition coefficient (Wildman–Crippen LogP) is 4.61. The molecule has 1 aliphatic carbocycles. The quantitative estimate of drug-likeness (QED) is 0.827. The van der Waals surface area contributed by atoms with Gasteiger partial charge in [-0.3, -0.25) is 9.59 Å². The van der Waals surface area contributed by atoms with Crippen LogP contribution in [0.25, 0.3) is 0 Å². The van der Waals surface area contributed by atoms with E-state index in [4.69, 9.17) is 23.2 Å². The van der Waals surface area contributed by atoms with E-state index in [1.807, 2.05) is 6.07 Å². The highest BCUT2D eigenvalue weighted by Gasteiger charge is 2.29. The Kier molecular flexibility index (Phi) is 5.30. The topological polar surface area (TPSA) is 49.4 Å². The summed E-state index contributed by atoms with van der Waals surface area (Å²) >= 11 is 11.9. The van der Waals surface area contributed by atoms with Crippen LogP contribution in [0.2, 0.25) is 10.0 Å². The Morgan fingerprint density at radius 3 is 2.56 bits per heavy atom. The standard InChI is InChI=1S/C19H18Cl2N2O2/c1-23(11-12-5-8-16(20)17(21)9-12)19(25)14-3-2-4-15(10-14)22-18(24)13-6-7-13/h2-5,8-10,13H,6-7,11H2,1H3,(H,22,24). The summed E-state index contributed by atoms with van der Waals surface area (Å²) in [5, 5.41) is 3.81. The predicted molar refractivity (Wildman–Crippen MR) is 100 cm³/mol. The maximum atomic E-state index is 12.6. The van der Waals surface area contributed by atoms with Gasteiger partial charge >= 0.3 is 0 Å². The molecule has 1 N–H and O–H groups in total. The lowest BCUT2D eigenvalue weighted by Gasteiger charge is -2.18. The summed E-state index contributed by atoms with van der Waals surface area (Å²) in [4.78, 5) is 26.1. The van der Waals surface area contributed by atoms with Crippen LogP contribution in [0, 0.1) is 5.92 Å². The van der Waals surface area contributed by atoms with Gasteiger partial charge in [-0.05, 0) is 48.7 Å². The Morgan fingerprint density at radius 2 is 1.88 bits per heavy atom. The van der Waals surface area contributed by atoms with Crippen molar-refractivity contribution in [2.45, 2.75) is 19.4 Å². The van der Waals surface area contributed by atoms with Gasteiger partial charge in [0.05, 0.1) is 10.0 Å². The molecule has 2 amide bonds. The Labute approximate surface area is 156 Å². The number of amides is 2. The van der Waals surface area contributed by atoms with Crippen LogP contribution in [-0.2, 0) is 11.3 Å². The fourth-order valence-corrected chi connectivity index (χ4v) is 2.84. The SMILES string of the molecule is CN(Cc1ccc(Cl)c(Cl)c1)C(=O)c1cccc(NC(=O)C2CC2)c1. The third-order valence-corrected chi connectivity index (χ3v) is 4.81. The molecule has 4 nitrogen and oxygen atoms in total. The fourth-order valence-electron chi connectivity index (χ4n) is 2.52. The van der Waals surface area contributed by atoms with Crippen molar-refractivity contribution in [3.8, 4) is 0 Å². The third kappa shape index (κ3) is 4.53. The number of benzene rings is 2. The molecule has 2 aromatic carbocycles. The minimum atomic E-state index is -0.131. The molecule has 2 aromatic rings. The van der Waals surface area contributed by atoms with E-state index in [1.165, 1.54) is 0 Å². The molecule has 0 radical (unpaired) electrons. The zero-order chi connectivity index (χ0) is 18.0. The smallest absolute Gasteiger partial charge is 0.253 e. The van der Waals surface area contributed by atoms with Crippen molar-refractivity contribution >= 4 is 40.7 Å². The molecule has 1 aliphatic rings. The molecule has 0 atom stereocenters. The molecular formula is C19H18Cl2N2O2. The van der Waals surface area contributed by atoms with E-state index in [0.29, 0.717) is 27.8 Å². The molecule has 0 spiro atoms. The van der Waals surface area contributed by atoms with E-state index < -0.39 is 0 Å². The number of nitrogens with one attached hydrogen (secondary N) is 1. The molecule has 0 aliphatic heterocycles. The van der Waals surface area contributed by atoms with Crippen LogP contribution in [-0.4, -0.2) is 23.8 Å². The Hall–Kier alpha value is -2.04. The Morgan fingerprint density at radius 1 is 1.12 bits per heavy atom. The molecule has 25 heavy (non-hydrogen) atoms. The van der Waals surface area contributed by atoms with Crippen LogP contribution in [0.15, 0.2) is 42.5 Å². The van der Waals surface area contributed by atoms with Crippen molar-refractivity contribution < 1.29 is 9.59 Å². The maximum absolute atomic E-state index is 12.6. The normalized spacial score (nSPS) is 13.4. The van der Waals surface area contributed by atoms with Crippen molar-refractivity contribution in [1.29, 1.82) is 0 Å². The van der Waals surface area contributed by atoms with Crippen LogP contribution in [0.3, 0.4) is 0 Å². The highest BCUT2D eigenvalue weighted by atomic mass is 35.5. The van der Waals surface area contributed by atoms with Crippen molar-refractivity contribution in [1.82, 2.24) is 4.90 Å². The molecule has 1 saturated carbocycles. The lowest BCUT2D eigenvalue weighted by molar-refractivity contribution is -0.117. The minimum absolute atomic E-state index is 0.0220. The number of rotatable bonds is 5. The molecular weight excluding hydrogens is 359 g/mol. The average Bonchev–Trinajstić information content (AvgIpc) is 3.43. The largest absolute Gasteiger partial charge is 0.337 e. The minimum Gasteiger partial charge on any atom is -0.337 e. The molecule has 0 bridgehead atoms. The van der Waals surface area contributed by atoms with Crippen LogP contribution < -0.4 is 5.32 Å². The summed E-state index contributed by atoms with van der Waals surface area (Å²) in [6.07, 6.45) is 1.88. The van der Waals surface area contributed by atoms with Crippen LogP contribution >= 0.6 is 23.2 Å². The van der Waals surface area contributed by atoms with Gasteiger partial charge in [0, 0.05) is 30.8 Å². The molecule has 0 unspecified atom stereocenters. The zero-order valence-corrected chi connectivity index (χ0v) is 15.3. The van der Waals surface area contributed by atoms with Crippen LogP contribution in [0.4, 0.5) is 5.69 Å². The van der Waals surface area contributed by atoms with Gasteiger partial charge in [-0.2, -0.15) is 0 Å². The van der Waals surface area contributed by atoms with E-state index in [-0.39, 0.29) is 17.7 Å². The lowest BCUT2D eigenvalue weighted by Crippen LogP contribution is -2.26. The molecule has 1 fully saturated rings. The first-order valence-corrected chi connectivity index (χ1v) is 8.80.